The van der Waals surface area contributed by atoms with Crippen LogP contribution < -0.4 is 5.73 Å². The number of hydrogen-bond donors (Lipinski definition) is 1. The molecule has 0 saturated carbocycles. The molecule has 4 heteroatoms. The average Bonchev–Trinajstić information content (AvgIpc) is 2.09. The van der Waals surface area contributed by atoms with E-state index in [-0.39, 0.29) is 24.5 Å². The molecular weight excluding hydrogens is 158 g/mol. The molecule has 0 radical (unpaired) electrons. The minimum absolute atomic E-state index is 0.0159. The number of rotatable bonds is 2. The molecule has 12 heavy (non-hydrogen) atoms. The summed E-state index contributed by atoms with van der Waals surface area (Å²) < 4.78 is 9.86. The van der Waals surface area contributed by atoms with Gasteiger partial charge in [-0.05, 0) is 12.8 Å². The summed E-state index contributed by atoms with van der Waals surface area (Å²) in [5, 5.41) is 0. The molecule has 0 aromatic rings. The van der Waals surface area contributed by atoms with Gasteiger partial charge in [0.1, 0.15) is 0 Å². The standard InChI is InChI=1S/C8H15NO3/c1-11-8(10)5-7-6(9)3-2-4-12-7/h6-7H,2-5,9H2,1H3/t6-,7-/m0/s1. The first-order chi connectivity index (χ1) is 5.74. The molecule has 2 N–H and O–H groups in total. The normalized spacial score (nSPS) is 29.8. The van der Waals surface area contributed by atoms with Crippen LogP contribution in [0.2, 0.25) is 0 Å². The molecule has 0 amide bonds. The van der Waals surface area contributed by atoms with E-state index in [1.807, 2.05) is 0 Å². The van der Waals surface area contributed by atoms with Gasteiger partial charge in [-0.2, -0.15) is 0 Å². The average molecular weight is 173 g/mol. The molecule has 0 aromatic carbocycles. The Morgan fingerprint density at radius 2 is 2.50 bits per heavy atom. The van der Waals surface area contributed by atoms with Gasteiger partial charge in [-0.3, -0.25) is 4.79 Å². The number of hydrogen-bond acceptors (Lipinski definition) is 4. The van der Waals surface area contributed by atoms with Gasteiger partial charge in [0, 0.05) is 12.6 Å². The van der Waals surface area contributed by atoms with Crippen LogP contribution in [0.4, 0.5) is 0 Å². The van der Waals surface area contributed by atoms with Gasteiger partial charge in [-0.25, -0.2) is 0 Å². The number of methoxy groups -OCH3 is 1. The summed E-state index contributed by atoms with van der Waals surface area (Å²) in [6, 6.07) is -0.0159. The third kappa shape index (κ3) is 2.46. The zero-order valence-corrected chi connectivity index (χ0v) is 7.29. The summed E-state index contributed by atoms with van der Waals surface area (Å²) in [5.74, 6) is -0.252. The van der Waals surface area contributed by atoms with Crippen molar-refractivity contribution < 1.29 is 14.3 Å². The van der Waals surface area contributed by atoms with E-state index in [0.29, 0.717) is 6.61 Å². The van der Waals surface area contributed by atoms with Crippen molar-refractivity contribution in [1.82, 2.24) is 0 Å². The van der Waals surface area contributed by atoms with Crippen molar-refractivity contribution in [2.24, 2.45) is 5.73 Å². The van der Waals surface area contributed by atoms with Crippen LogP contribution in [0.25, 0.3) is 0 Å². The third-order valence-electron chi connectivity index (χ3n) is 2.09. The lowest BCUT2D eigenvalue weighted by Crippen LogP contribution is -2.42. The van der Waals surface area contributed by atoms with Crippen LogP contribution in [0.15, 0.2) is 0 Å². The lowest BCUT2D eigenvalue weighted by atomic mass is 10.0. The van der Waals surface area contributed by atoms with Gasteiger partial charge >= 0.3 is 5.97 Å². The van der Waals surface area contributed by atoms with E-state index in [2.05, 4.69) is 4.74 Å². The van der Waals surface area contributed by atoms with Crippen molar-refractivity contribution in [2.75, 3.05) is 13.7 Å². The van der Waals surface area contributed by atoms with Crippen molar-refractivity contribution >= 4 is 5.97 Å². The first-order valence-corrected chi connectivity index (χ1v) is 4.18. The van der Waals surface area contributed by atoms with Crippen LogP contribution in [0.1, 0.15) is 19.3 Å². The largest absolute Gasteiger partial charge is 0.469 e. The van der Waals surface area contributed by atoms with Crippen LogP contribution in [0.3, 0.4) is 0 Å². The van der Waals surface area contributed by atoms with E-state index in [9.17, 15) is 4.79 Å². The molecular formula is C8H15NO3. The van der Waals surface area contributed by atoms with Crippen LogP contribution in [-0.2, 0) is 14.3 Å². The van der Waals surface area contributed by atoms with Gasteiger partial charge in [0.05, 0.1) is 19.6 Å². The summed E-state index contributed by atoms with van der Waals surface area (Å²) in [6.07, 6.45) is 2.05. The van der Waals surface area contributed by atoms with Crippen LogP contribution in [-0.4, -0.2) is 31.8 Å². The molecule has 1 aliphatic heterocycles. The summed E-state index contributed by atoms with van der Waals surface area (Å²) in [5.41, 5.74) is 5.75. The SMILES string of the molecule is COC(=O)C[C@@H]1OCCC[C@@H]1N. The maximum Gasteiger partial charge on any atom is 0.308 e. The second kappa shape index (κ2) is 4.42. The van der Waals surface area contributed by atoms with Gasteiger partial charge in [-0.15, -0.1) is 0 Å². The van der Waals surface area contributed by atoms with Crippen LogP contribution in [0, 0.1) is 0 Å². The Bertz CT molecular complexity index is 160. The predicted molar refractivity (Wildman–Crippen MR) is 43.6 cm³/mol. The smallest absolute Gasteiger partial charge is 0.308 e. The topological polar surface area (TPSA) is 61.5 Å². The van der Waals surface area contributed by atoms with Crippen molar-refractivity contribution in [3.8, 4) is 0 Å². The highest BCUT2D eigenvalue weighted by molar-refractivity contribution is 5.69. The molecule has 0 aliphatic carbocycles. The molecule has 1 heterocycles. The number of esters is 1. The molecule has 2 atom stereocenters. The molecule has 1 rings (SSSR count). The summed E-state index contributed by atoms with van der Waals surface area (Å²) in [7, 11) is 1.37. The van der Waals surface area contributed by atoms with Gasteiger partial charge < -0.3 is 15.2 Å². The second-order valence-electron chi connectivity index (χ2n) is 3.00. The van der Waals surface area contributed by atoms with E-state index in [1.165, 1.54) is 7.11 Å². The van der Waals surface area contributed by atoms with E-state index in [1.54, 1.807) is 0 Å². The third-order valence-corrected chi connectivity index (χ3v) is 2.09. The van der Waals surface area contributed by atoms with Crippen molar-refractivity contribution in [3.63, 3.8) is 0 Å². The molecule has 0 unspecified atom stereocenters. The number of nitrogens with two attached hydrogens (primary N) is 1. The zero-order chi connectivity index (χ0) is 8.97. The quantitative estimate of drug-likeness (QED) is 0.600. The van der Waals surface area contributed by atoms with Crippen LogP contribution >= 0.6 is 0 Å². The van der Waals surface area contributed by atoms with E-state index in [0.717, 1.165) is 12.8 Å². The number of carbonyl (C=O) groups excluding carboxylic acids is 1. The predicted octanol–water partition coefficient (Wildman–Crippen LogP) is 0.0558. The molecule has 70 valence electrons. The Labute approximate surface area is 72.0 Å². The van der Waals surface area contributed by atoms with E-state index >= 15 is 0 Å². The maximum absolute atomic E-state index is 10.9. The Morgan fingerprint density at radius 3 is 3.08 bits per heavy atom. The van der Waals surface area contributed by atoms with E-state index < -0.39 is 0 Å². The highest BCUT2D eigenvalue weighted by atomic mass is 16.5. The van der Waals surface area contributed by atoms with Crippen LogP contribution in [0.5, 0.6) is 0 Å². The Hall–Kier alpha value is -0.610. The first-order valence-electron chi connectivity index (χ1n) is 4.18. The number of carbonyl (C=O) groups is 1. The highest BCUT2D eigenvalue weighted by Gasteiger charge is 2.25. The van der Waals surface area contributed by atoms with Gasteiger partial charge in [0.15, 0.2) is 0 Å². The molecule has 0 aromatic heterocycles. The highest BCUT2D eigenvalue weighted by Crippen LogP contribution is 2.14. The second-order valence-corrected chi connectivity index (χ2v) is 3.00. The summed E-state index contributed by atoms with van der Waals surface area (Å²) in [4.78, 5) is 10.9. The summed E-state index contributed by atoms with van der Waals surface area (Å²) >= 11 is 0. The fraction of sp³-hybridized carbons (Fsp3) is 0.875. The van der Waals surface area contributed by atoms with E-state index in [4.69, 9.17) is 10.5 Å². The minimum Gasteiger partial charge on any atom is -0.469 e. The Morgan fingerprint density at radius 1 is 1.75 bits per heavy atom. The zero-order valence-electron chi connectivity index (χ0n) is 7.29. The number of ether oxygens (including phenoxy) is 2. The molecule has 4 nitrogen and oxygen atoms in total. The monoisotopic (exact) mass is 173 g/mol. The molecule has 1 saturated heterocycles. The van der Waals surface area contributed by atoms with Crippen molar-refractivity contribution in [1.29, 1.82) is 0 Å². The van der Waals surface area contributed by atoms with Gasteiger partial charge in [0.25, 0.3) is 0 Å². The van der Waals surface area contributed by atoms with Crippen molar-refractivity contribution in [3.05, 3.63) is 0 Å². The molecule has 1 fully saturated rings. The van der Waals surface area contributed by atoms with Gasteiger partial charge in [0.2, 0.25) is 0 Å². The lowest BCUT2D eigenvalue weighted by molar-refractivity contribution is -0.145. The summed E-state index contributed by atoms with van der Waals surface area (Å²) in [6.45, 7) is 0.704. The lowest BCUT2D eigenvalue weighted by Gasteiger charge is -2.27. The molecule has 0 spiro atoms. The Balaban J connectivity index is 2.33. The molecule has 1 aliphatic rings. The van der Waals surface area contributed by atoms with Crippen molar-refractivity contribution in [2.45, 2.75) is 31.4 Å². The first kappa shape index (κ1) is 9.48. The maximum atomic E-state index is 10.9. The fourth-order valence-corrected chi connectivity index (χ4v) is 1.32. The van der Waals surface area contributed by atoms with Gasteiger partial charge in [-0.1, -0.05) is 0 Å². The minimum atomic E-state index is -0.252. The Kier molecular flexibility index (Phi) is 3.49. The molecule has 0 bridgehead atoms. The fourth-order valence-electron chi connectivity index (χ4n) is 1.32.